The molecule has 0 aliphatic heterocycles. The molecule has 0 N–H and O–H groups in total. The molecule has 0 radical (unpaired) electrons. The third-order valence-corrected chi connectivity index (χ3v) is 5.73. The SMILES string of the molecule is C=CCn1c(SCc2cn3cccc(C(=O)OC)c3n2)nc2cc(Cl)ccc2c1=O. The van der Waals surface area contributed by atoms with Gasteiger partial charge in [0.25, 0.3) is 5.56 Å². The van der Waals surface area contributed by atoms with E-state index in [4.69, 9.17) is 16.3 Å². The second kappa shape index (κ2) is 8.33. The lowest BCUT2D eigenvalue weighted by atomic mass is 10.2. The molecular formula is C21H17ClN4O3S. The van der Waals surface area contributed by atoms with Gasteiger partial charge < -0.3 is 9.14 Å². The van der Waals surface area contributed by atoms with E-state index in [9.17, 15) is 9.59 Å². The molecule has 0 atom stereocenters. The average molecular weight is 441 g/mol. The van der Waals surface area contributed by atoms with Gasteiger partial charge in [0.1, 0.15) is 5.56 Å². The summed E-state index contributed by atoms with van der Waals surface area (Å²) < 4.78 is 8.17. The van der Waals surface area contributed by atoms with E-state index in [0.717, 1.165) is 5.69 Å². The number of esters is 1. The van der Waals surface area contributed by atoms with Crippen molar-refractivity contribution in [2.24, 2.45) is 0 Å². The Balaban J connectivity index is 1.71. The summed E-state index contributed by atoms with van der Waals surface area (Å²) in [5, 5.41) is 1.56. The van der Waals surface area contributed by atoms with E-state index in [-0.39, 0.29) is 5.56 Å². The first-order valence-electron chi connectivity index (χ1n) is 9.00. The zero-order valence-corrected chi connectivity index (χ0v) is 17.6. The molecule has 0 bridgehead atoms. The summed E-state index contributed by atoms with van der Waals surface area (Å²) >= 11 is 7.45. The van der Waals surface area contributed by atoms with Crippen LogP contribution in [0.5, 0.6) is 0 Å². The van der Waals surface area contributed by atoms with Gasteiger partial charge in [0, 0.05) is 29.7 Å². The van der Waals surface area contributed by atoms with Gasteiger partial charge in [0.15, 0.2) is 10.8 Å². The Morgan fingerprint density at radius 2 is 2.17 bits per heavy atom. The molecule has 30 heavy (non-hydrogen) atoms. The van der Waals surface area contributed by atoms with Crippen LogP contribution in [0, 0.1) is 0 Å². The van der Waals surface area contributed by atoms with E-state index in [1.54, 1.807) is 45.4 Å². The second-order valence-electron chi connectivity index (χ2n) is 6.43. The predicted molar refractivity (Wildman–Crippen MR) is 117 cm³/mol. The highest BCUT2D eigenvalue weighted by Gasteiger charge is 2.15. The molecule has 0 aliphatic rings. The first-order valence-corrected chi connectivity index (χ1v) is 10.4. The lowest BCUT2D eigenvalue weighted by molar-refractivity contribution is 0.0602. The molecule has 1 aromatic carbocycles. The Bertz CT molecular complexity index is 1350. The van der Waals surface area contributed by atoms with Crippen molar-refractivity contribution >= 4 is 45.9 Å². The third-order valence-electron chi connectivity index (χ3n) is 4.48. The molecule has 0 unspecified atom stereocenters. The number of thioether (sulfide) groups is 1. The van der Waals surface area contributed by atoms with Crippen LogP contribution in [0.4, 0.5) is 0 Å². The molecule has 4 rings (SSSR count). The Labute approximate surface area is 181 Å². The molecule has 0 saturated heterocycles. The molecule has 0 spiro atoms. The predicted octanol–water partition coefficient (Wildman–Crippen LogP) is 3.96. The van der Waals surface area contributed by atoms with Crippen LogP contribution in [0.1, 0.15) is 16.1 Å². The summed E-state index contributed by atoms with van der Waals surface area (Å²) in [5.41, 5.74) is 2.03. The molecule has 7 nitrogen and oxygen atoms in total. The summed E-state index contributed by atoms with van der Waals surface area (Å²) in [6, 6.07) is 8.45. The van der Waals surface area contributed by atoms with Gasteiger partial charge in [-0.15, -0.1) is 6.58 Å². The maximum absolute atomic E-state index is 12.9. The van der Waals surface area contributed by atoms with Crippen LogP contribution in [-0.4, -0.2) is 32.0 Å². The number of carbonyl (C=O) groups excluding carboxylic acids is 1. The minimum absolute atomic E-state index is 0.151. The van der Waals surface area contributed by atoms with E-state index >= 15 is 0 Å². The number of imidazole rings is 1. The van der Waals surface area contributed by atoms with Gasteiger partial charge in [0.2, 0.25) is 0 Å². The van der Waals surface area contributed by atoms with Crippen molar-refractivity contribution in [3.8, 4) is 0 Å². The summed E-state index contributed by atoms with van der Waals surface area (Å²) in [4.78, 5) is 34.1. The minimum atomic E-state index is -0.446. The lowest BCUT2D eigenvalue weighted by Crippen LogP contribution is -2.22. The van der Waals surface area contributed by atoms with Gasteiger partial charge >= 0.3 is 5.97 Å². The topological polar surface area (TPSA) is 78.5 Å². The van der Waals surface area contributed by atoms with Crippen molar-refractivity contribution in [3.63, 3.8) is 0 Å². The van der Waals surface area contributed by atoms with Crippen LogP contribution in [0.3, 0.4) is 0 Å². The second-order valence-corrected chi connectivity index (χ2v) is 7.80. The van der Waals surface area contributed by atoms with E-state index in [1.807, 2.05) is 12.4 Å². The molecular weight excluding hydrogens is 424 g/mol. The molecule has 4 aromatic rings. The molecule has 0 fully saturated rings. The van der Waals surface area contributed by atoms with Gasteiger partial charge in [0.05, 0.1) is 23.7 Å². The van der Waals surface area contributed by atoms with Crippen molar-refractivity contribution in [2.75, 3.05) is 7.11 Å². The number of benzene rings is 1. The summed E-state index contributed by atoms with van der Waals surface area (Å²) in [7, 11) is 1.34. The van der Waals surface area contributed by atoms with E-state index < -0.39 is 5.97 Å². The summed E-state index contributed by atoms with van der Waals surface area (Å²) in [6.45, 7) is 4.07. The average Bonchev–Trinajstić information content (AvgIpc) is 3.17. The maximum Gasteiger partial charge on any atom is 0.341 e. The van der Waals surface area contributed by atoms with Crippen LogP contribution >= 0.6 is 23.4 Å². The molecule has 0 saturated carbocycles. The number of nitrogens with zero attached hydrogens (tertiary/aromatic N) is 4. The van der Waals surface area contributed by atoms with Gasteiger partial charge in [-0.05, 0) is 30.3 Å². The summed E-state index contributed by atoms with van der Waals surface area (Å²) in [5.74, 6) is 0.0103. The van der Waals surface area contributed by atoms with Crippen LogP contribution in [0.25, 0.3) is 16.6 Å². The smallest absolute Gasteiger partial charge is 0.341 e. The maximum atomic E-state index is 12.9. The number of rotatable bonds is 6. The van der Waals surface area contributed by atoms with Crippen LogP contribution in [-0.2, 0) is 17.0 Å². The fourth-order valence-corrected chi connectivity index (χ4v) is 4.17. The van der Waals surface area contributed by atoms with E-state index in [2.05, 4.69) is 16.5 Å². The largest absolute Gasteiger partial charge is 0.465 e. The molecule has 0 aliphatic carbocycles. The fourth-order valence-electron chi connectivity index (χ4n) is 3.12. The van der Waals surface area contributed by atoms with Crippen molar-refractivity contribution < 1.29 is 9.53 Å². The number of hydrogen-bond acceptors (Lipinski definition) is 6. The number of halogens is 1. The van der Waals surface area contributed by atoms with Gasteiger partial charge in [-0.3, -0.25) is 9.36 Å². The molecule has 3 heterocycles. The van der Waals surface area contributed by atoms with Crippen molar-refractivity contribution in [1.29, 1.82) is 0 Å². The van der Waals surface area contributed by atoms with Gasteiger partial charge in [-0.25, -0.2) is 14.8 Å². The Morgan fingerprint density at radius 3 is 2.93 bits per heavy atom. The van der Waals surface area contributed by atoms with Crippen LogP contribution in [0.2, 0.25) is 5.02 Å². The number of pyridine rings is 1. The lowest BCUT2D eigenvalue weighted by Gasteiger charge is -2.11. The Kier molecular flexibility index (Phi) is 5.61. The van der Waals surface area contributed by atoms with Crippen LogP contribution in [0.15, 0.2) is 65.3 Å². The van der Waals surface area contributed by atoms with E-state index in [1.165, 1.54) is 18.9 Å². The van der Waals surface area contributed by atoms with Crippen molar-refractivity contribution in [2.45, 2.75) is 17.5 Å². The van der Waals surface area contributed by atoms with Crippen LogP contribution < -0.4 is 5.56 Å². The number of fused-ring (bicyclic) bond motifs is 2. The normalized spacial score (nSPS) is 11.1. The number of carbonyl (C=O) groups is 1. The molecule has 0 amide bonds. The van der Waals surface area contributed by atoms with E-state index in [0.29, 0.717) is 44.6 Å². The number of allylic oxidation sites excluding steroid dienone is 1. The molecule has 3 aromatic heterocycles. The van der Waals surface area contributed by atoms with Gasteiger partial charge in [-0.1, -0.05) is 29.4 Å². The number of ether oxygens (including phenoxy) is 1. The van der Waals surface area contributed by atoms with Gasteiger partial charge in [-0.2, -0.15) is 0 Å². The third kappa shape index (κ3) is 3.71. The zero-order valence-electron chi connectivity index (χ0n) is 16.0. The highest BCUT2D eigenvalue weighted by molar-refractivity contribution is 7.98. The standard InChI is InChI=1S/C21H17ClN4O3S/c1-3-8-26-19(27)15-7-6-13(22)10-17(15)24-21(26)30-12-14-11-25-9-4-5-16(18(25)23-14)20(28)29-2/h3-7,9-11H,1,8,12H2,2H3. The fraction of sp³-hybridized carbons (Fsp3) is 0.143. The minimum Gasteiger partial charge on any atom is -0.465 e. The van der Waals surface area contributed by atoms with Crippen molar-refractivity contribution in [3.05, 3.63) is 82.0 Å². The highest BCUT2D eigenvalue weighted by atomic mass is 35.5. The number of aromatic nitrogens is 4. The first kappa shape index (κ1) is 20.2. The Hall–Kier alpha value is -3.10. The first-order chi connectivity index (χ1) is 14.5. The summed E-state index contributed by atoms with van der Waals surface area (Å²) in [6.07, 6.45) is 5.30. The number of hydrogen-bond donors (Lipinski definition) is 0. The number of methoxy groups -OCH3 is 1. The molecule has 9 heteroatoms. The quantitative estimate of drug-likeness (QED) is 0.195. The zero-order chi connectivity index (χ0) is 21.3. The van der Waals surface area contributed by atoms with Crippen molar-refractivity contribution in [1.82, 2.24) is 18.9 Å². The highest BCUT2D eigenvalue weighted by Crippen LogP contribution is 2.24. The monoisotopic (exact) mass is 440 g/mol. The Morgan fingerprint density at radius 1 is 1.33 bits per heavy atom. The molecule has 152 valence electrons.